The largest absolute Gasteiger partial charge is 0.434 e. The van der Waals surface area contributed by atoms with Crippen molar-refractivity contribution in [1.82, 2.24) is 9.97 Å². The number of primary amides is 1. The van der Waals surface area contributed by atoms with Crippen LogP contribution in [-0.4, -0.2) is 15.9 Å². The summed E-state index contributed by atoms with van der Waals surface area (Å²) >= 11 is 5.76. The summed E-state index contributed by atoms with van der Waals surface area (Å²) < 4.78 is 38.5. The third-order valence-corrected chi connectivity index (χ3v) is 2.64. The Bertz CT molecular complexity index is 690. The minimum Gasteiger partial charge on any atom is -0.365 e. The molecular weight excluding hydrogens is 309 g/mol. The van der Waals surface area contributed by atoms with Crippen LogP contribution in [0.25, 0.3) is 0 Å². The average molecular weight is 317 g/mol. The van der Waals surface area contributed by atoms with Crippen LogP contribution in [0.1, 0.15) is 16.1 Å². The highest BCUT2D eigenvalue weighted by atomic mass is 35.5. The number of nitrogens with zero attached hydrogens (tertiary/aromatic N) is 2. The molecule has 9 heteroatoms. The van der Waals surface area contributed by atoms with Crippen molar-refractivity contribution in [2.45, 2.75) is 6.18 Å². The molecule has 1 heterocycles. The van der Waals surface area contributed by atoms with Crippen molar-refractivity contribution in [1.29, 1.82) is 0 Å². The Hall–Kier alpha value is -2.35. The van der Waals surface area contributed by atoms with E-state index < -0.39 is 23.3 Å². The van der Waals surface area contributed by atoms with Crippen molar-refractivity contribution in [3.8, 4) is 0 Å². The standard InChI is InChI=1S/C12H8ClF3N4O/c13-6-2-1-3-7(4-6)19-11-18-5-8(10(17)21)9(20-11)12(14,15)16/h1-5H,(H2,17,21)(H,18,19,20). The zero-order valence-electron chi connectivity index (χ0n) is 10.3. The van der Waals surface area contributed by atoms with Crippen LogP contribution in [0.4, 0.5) is 24.8 Å². The molecule has 0 unspecified atom stereocenters. The van der Waals surface area contributed by atoms with Gasteiger partial charge in [0.15, 0.2) is 5.69 Å². The first kappa shape index (κ1) is 15.0. The van der Waals surface area contributed by atoms with Gasteiger partial charge in [0.05, 0.1) is 5.56 Å². The molecule has 0 saturated carbocycles. The van der Waals surface area contributed by atoms with E-state index in [1.807, 2.05) is 0 Å². The number of aromatic nitrogens is 2. The van der Waals surface area contributed by atoms with E-state index in [1.165, 1.54) is 6.07 Å². The lowest BCUT2D eigenvalue weighted by molar-refractivity contribution is -0.141. The van der Waals surface area contributed by atoms with Gasteiger partial charge in [0.25, 0.3) is 5.91 Å². The van der Waals surface area contributed by atoms with Crippen LogP contribution in [0.15, 0.2) is 30.5 Å². The van der Waals surface area contributed by atoms with E-state index in [2.05, 4.69) is 15.3 Å². The Morgan fingerprint density at radius 2 is 2.05 bits per heavy atom. The molecule has 5 nitrogen and oxygen atoms in total. The molecule has 0 aliphatic rings. The second-order valence-electron chi connectivity index (χ2n) is 3.95. The van der Waals surface area contributed by atoms with Gasteiger partial charge in [-0.2, -0.15) is 13.2 Å². The minimum atomic E-state index is -4.82. The zero-order chi connectivity index (χ0) is 15.6. The van der Waals surface area contributed by atoms with Gasteiger partial charge in [0, 0.05) is 16.9 Å². The molecular formula is C12H8ClF3N4O. The van der Waals surface area contributed by atoms with Crippen LogP contribution in [0.2, 0.25) is 5.02 Å². The van der Waals surface area contributed by atoms with Gasteiger partial charge in [-0.05, 0) is 18.2 Å². The van der Waals surface area contributed by atoms with Gasteiger partial charge in [0.1, 0.15) is 0 Å². The van der Waals surface area contributed by atoms with Gasteiger partial charge < -0.3 is 11.1 Å². The van der Waals surface area contributed by atoms with Crippen LogP contribution in [0.3, 0.4) is 0 Å². The lowest BCUT2D eigenvalue weighted by Gasteiger charge is -2.11. The van der Waals surface area contributed by atoms with E-state index >= 15 is 0 Å². The van der Waals surface area contributed by atoms with Crippen molar-refractivity contribution in [3.05, 3.63) is 46.7 Å². The monoisotopic (exact) mass is 316 g/mol. The summed E-state index contributed by atoms with van der Waals surface area (Å²) in [4.78, 5) is 17.9. The summed E-state index contributed by atoms with van der Waals surface area (Å²) in [5, 5.41) is 2.96. The zero-order valence-corrected chi connectivity index (χ0v) is 11.0. The lowest BCUT2D eigenvalue weighted by atomic mass is 10.2. The lowest BCUT2D eigenvalue weighted by Crippen LogP contribution is -2.21. The molecule has 21 heavy (non-hydrogen) atoms. The number of hydrogen-bond acceptors (Lipinski definition) is 4. The third kappa shape index (κ3) is 3.60. The first-order valence-electron chi connectivity index (χ1n) is 5.54. The second-order valence-corrected chi connectivity index (χ2v) is 4.39. The number of benzene rings is 1. The topological polar surface area (TPSA) is 80.9 Å². The van der Waals surface area contributed by atoms with E-state index in [9.17, 15) is 18.0 Å². The van der Waals surface area contributed by atoms with Gasteiger partial charge in [-0.3, -0.25) is 4.79 Å². The van der Waals surface area contributed by atoms with Crippen molar-refractivity contribution in [3.63, 3.8) is 0 Å². The molecule has 0 bridgehead atoms. The Morgan fingerprint density at radius 1 is 1.33 bits per heavy atom. The number of nitrogens with one attached hydrogen (secondary N) is 1. The number of carbonyl (C=O) groups is 1. The maximum absolute atomic E-state index is 12.8. The van der Waals surface area contributed by atoms with Crippen LogP contribution >= 0.6 is 11.6 Å². The summed E-state index contributed by atoms with van der Waals surface area (Å²) in [5.74, 6) is -1.58. The van der Waals surface area contributed by atoms with Gasteiger partial charge in [0.2, 0.25) is 5.95 Å². The summed E-state index contributed by atoms with van der Waals surface area (Å²) in [5.41, 5.74) is 3.10. The van der Waals surface area contributed by atoms with Gasteiger partial charge in [-0.1, -0.05) is 17.7 Å². The van der Waals surface area contributed by atoms with Crippen molar-refractivity contribution in [2.24, 2.45) is 5.73 Å². The van der Waals surface area contributed by atoms with Gasteiger partial charge in [-0.15, -0.1) is 0 Å². The normalized spacial score (nSPS) is 11.2. The second kappa shape index (κ2) is 5.57. The first-order chi connectivity index (χ1) is 9.77. The Kier molecular flexibility index (Phi) is 3.99. The van der Waals surface area contributed by atoms with Gasteiger partial charge in [-0.25, -0.2) is 9.97 Å². The molecule has 1 amide bonds. The summed E-state index contributed by atoms with van der Waals surface area (Å²) in [6.07, 6.45) is -4.09. The molecule has 110 valence electrons. The third-order valence-electron chi connectivity index (χ3n) is 2.40. The molecule has 0 radical (unpaired) electrons. The number of hydrogen-bond donors (Lipinski definition) is 2. The SMILES string of the molecule is NC(=O)c1cnc(Nc2cccc(Cl)c2)nc1C(F)(F)F. The van der Waals surface area contributed by atoms with Crippen molar-refractivity contribution < 1.29 is 18.0 Å². The average Bonchev–Trinajstić information content (AvgIpc) is 2.37. The van der Waals surface area contributed by atoms with Crippen LogP contribution < -0.4 is 11.1 Å². The predicted molar refractivity (Wildman–Crippen MR) is 70.3 cm³/mol. The fourth-order valence-corrected chi connectivity index (χ4v) is 1.72. The highest BCUT2D eigenvalue weighted by molar-refractivity contribution is 6.30. The molecule has 3 N–H and O–H groups in total. The fourth-order valence-electron chi connectivity index (χ4n) is 1.53. The molecule has 0 saturated heterocycles. The number of rotatable bonds is 3. The summed E-state index contributed by atoms with van der Waals surface area (Å²) in [7, 11) is 0. The van der Waals surface area contributed by atoms with E-state index in [0.29, 0.717) is 10.7 Å². The molecule has 0 fully saturated rings. The molecule has 0 spiro atoms. The molecule has 2 aromatic rings. The molecule has 2 rings (SSSR count). The number of anilines is 2. The number of nitrogens with two attached hydrogens (primary N) is 1. The van der Waals surface area contributed by atoms with Crippen LogP contribution in [0, 0.1) is 0 Å². The number of amides is 1. The number of halogens is 4. The minimum absolute atomic E-state index is 0.324. The summed E-state index contributed by atoms with van der Waals surface area (Å²) in [6.45, 7) is 0. The fraction of sp³-hybridized carbons (Fsp3) is 0.0833. The van der Waals surface area contributed by atoms with Crippen LogP contribution in [-0.2, 0) is 6.18 Å². The number of carbonyl (C=O) groups excluding carboxylic acids is 1. The number of alkyl halides is 3. The molecule has 0 aliphatic heterocycles. The maximum Gasteiger partial charge on any atom is 0.434 e. The van der Waals surface area contributed by atoms with Crippen LogP contribution in [0.5, 0.6) is 0 Å². The van der Waals surface area contributed by atoms with E-state index in [1.54, 1.807) is 18.2 Å². The van der Waals surface area contributed by atoms with Crippen molar-refractivity contribution >= 4 is 29.1 Å². The maximum atomic E-state index is 12.8. The summed E-state index contributed by atoms with van der Waals surface area (Å²) in [6, 6.07) is 6.27. The Balaban J connectivity index is 2.40. The van der Waals surface area contributed by atoms with E-state index in [4.69, 9.17) is 17.3 Å². The highest BCUT2D eigenvalue weighted by Crippen LogP contribution is 2.31. The predicted octanol–water partition coefficient (Wildman–Crippen LogP) is 2.99. The molecule has 0 aliphatic carbocycles. The quantitative estimate of drug-likeness (QED) is 0.912. The Morgan fingerprint density at radius 3 is 2.62 bits per heavy atom. The van der Waals surface area contributed by atoms with E-state index in [-0.39, 0.29) is 5.95 Å². The first-order valence-corrected chi connectivity index (χ1v) is 5.92. The smallest absolute Gasteiger partial charge is 0.365 e. The van der Waals surface area contributed by atoms with E-state index in [0.717, 1.165) is 6.20 Å². The molecule has 0 atom stereocenters. The highest BCUT2D eigenvalue weighted by Gasteiger charge is 2.37. The van der Waals surface area contributed by atoms with Gasteiger partial charge >= 0.3 is 6.18 Å². The molecule has 1 aromatic heterocycles. The Labute approximate surface area is 122 Å². The molecule has 1 aromatic carbocycles. The van der Waals surface area contributed by atoms with Crippen molar-refractivity contribution in [2.75, 3.05) is 5.32 Å².